The van der Waals surface area contributed by atoms with Gasteiger partial charge in [0.1, 0.15) is 0 Å². The molecule has 3 aromatic rings. The van der Waals surface area contributed by atoms with Crippen LogP contribution in [0, 0.1) is 13.8 Å². The molecule has 1 aromatic heterocycles. The third-order valence-electron chi connectivity index (χ3n) is 7.29. The van der Waals surface area contributed by atoms with Crippen LogP contribution < -0.4 is 5.32 Å². The van der Waals surface area contributed by atoms with E-state index in [1.54, 1.807) is 35.2 Å². The van der Waals surface area contributed by atoms with Crippen LogP contribution in [-0.4, -0.2) is 54.4 Å². The molecule has 0 saturated carbocycles. The summed E-state index contributed by atoms with van der Waals surface area (Å²) < 4.78 is 26.6. The highest BCUT2D eigenvalue weighted by molar-refractivity contribution is 7.90. The summed E-state index contributed by atoms with van der Waals surface area (Å²) in [4.78, 5) is 30.6. The van der Waals surface area contributed by atoms with Crippen molar-refractivity contribution in [3.63, 3.8) is 0 Å². The van der Waals surface area contributed by atoms with Gasteiger partial charge in [0.05, 0.1) is 28.7 Å². The fourth-order valence-corrected chi connectivity index (χ4v) is 7.17. The van der Waals surface area contributed by atoms with E-state index in [0.717, 1.165) is 16.8 Å². The van der Waals surface area contributed by atoms with Crippen LogP contribution in [0.2, 0.25) is 10.0 Å². The molecule has 1 atom stereocenters. The molecule has 2 aliphatic rings. The zero-order valence-corrected chi connectivity index (χ0v) is 23.7. The molecule has 2 amide bonds. The molecule has 0 spiro atoms. The number of amides is 2. The van der Waals surface area contributed by atoms with Crippen molar-refractivity contribution in [3.05, 3.63) is 80.1 Å². The van der Waals surface area contributed by atoms with E-state index in [1.807, 2.05) is 13.8 Å². The van der Waals surface area contributed by atoms with Gasteiger partial charge >= 0.3 is 0 Å². The number of nitrogens with one attached hydrogen (secondary N) is 2. The van der Waals surface area contributed by atoms with Gasteiger partial charge in [0.25, 0.3) is 5.91 Å². The maximum Gasteiger partial charge on any atom is 0.256 e. The van der Waals surface area contributed by atoms with Crippen LogP contribution in [0.25, 0.3) is 11.6 Å². The van der Waals surface area contributed by atoms with Gasteiger partial charge in [-0.05, 0) is 67.8 Å². The Labute approximate surface area is 236 Å². The maximum atomic E-state index is 13.3. The first-order valence-electron chi connectivity index (χ1n) is 12.4. The molecule has 0 unspecified atom stereocenters. The molecule has 5 rings (SSSR count). The predicted molar refractivity (Wildman–Crippen MR) is 151 cm³/mol. The number of halogens is 2. The SMILES string of the molecule is Cc1[nH]c(/C=C2\C(=O)Nc3ccc(S(=O)(=O)Cc4c(Cl)cccc4Cl)cc32)c(C)c1CC(=O)N1CC[C@@H](O)C1. The van der Waals surface area contributed by atoms with Crippen molar-refractivity contribution >= 4 is 62.2 Å². The number of aryl methyl sites for hydroxylation is 1. The first-order valence-corrected chi connectivity index (χ1v) is 14.8. The molecule has 1 fully saturated rings. The molecule has 39 heavy (non-hydrogen) atoms. The number of likely N-dealkylation sites (tertiary alicyclic amines) is 1. The Balaban J connectivity index is 1.45. The van der Waals surface area contributed by atoms with Gasteiger partial charge in [-0.15, -0.1) is 0 Å². The van der Waals surface area contributed by atoms with Crippen molar-refractivity contribution in [2.24, 2.45) is 0 Å². The van der Waals surface area contributed by atoms with E-state index in [1.165, 1.54) is 12.1 Å². The van der Waals surface area contributed by atoms with Gasteiger partial charge in [-0.1, -0.05) is 29.3 Å². The molecule has 204 valence electrons. The van der Waals surface area contributed by atoms with Gasteiger partial charge in [-0.25, -0.2) is 8.42 Å². The third kappa shape index (κ3) is 5.36. The summed E-state index contributed by atoms with van der Waals surface area (Å²) in [6.07, 6.45) is 1.95. The minimum absolute atomic E-state index is 0.0399. The Morgan fingerprint density at radius 3 is 2.54 bits per heavy atom. The summed E-state index contributed by atoms with van der Waals surface area (Å²) in [6.45, 7) is 4.61. The van der Waals surface area contributed by atoms with Crippen molar-refractivity contribution in [2.45, 2.75) is 43.4 Å². The van der Waals surface area contributed by atoms with Gasteiger partial charge < -0.3 is 20.3 Å². The first-order chi connectivity index (χ1) is 18.4. The molecule has 0 bridgehead atoms. The lowest BCUT2D eigenvalue weighted by atomic mass is 10.0. The molecule has 3 N–H and O–H groups in total. The number of hydrogen-bond donors (Lipinski definition) is 3. The van der Waals surface area contributed by atoms with Crippen LogP contribution in [0.1, 0.15) is 40.1 Å². The number of β-amino-alcohol motifs (C(OH)–C–C–N with tert-alkyl or cyclic N) is 1. The Hall–Kier alpha value is -3.11. The molecule has 2 aliphatic heterocycles. The molecule has 3 heterocycles. The van der Waals surface area contributed by atoms with Gasteiger partial charge in [0, 0.05) is 51.3 Å². The summed E-state index contributed by atoms with van der Waals surface area (Å²) >= 11 is 12.4. The van der Waals surface area contributed by atoms with Crippen molar-refractivity contribution in [2.75, 3.05) is 18.4 Å². The number of rotatable bonds is 6. The van der Waals surface area contributed by atoms with E-state index in [9.17, 15) is 23.1 Å². The van der Waals surface area contributed by atoms with E-state index >= 15 is 0 Å². The summed E-state index contributed by atoms with van der Waals surface area (Å²) in [5, 5.41) is 13.1. The maximum absolute atomic E-state index is 13.3. The van der Waals surface area contributed by atoms with Gasteiger partial charge in [-0.2, -0.15) is 0 Å². The second-order valence-corrected chi connectivity index (χ2v) is 12.7. The lowest BCUT2D eigenvalue weighted by molar-refractivity contribution is -0.129. The van der Waals surface area contributed by atoms with Crippen LogP contribution in [0.15, 0.2) is 41.3 Å². The smallest absolute Gasteiger partial charge is 0.256 e. The number of hydrogen-bond acceptors (Lipinski definition) is 5. The summed E-state index contributed by atoms with van der Waals surface area (Å²) in [6, 6.07) is 9.31. The molecule has 0 aliphatic carbocycles. The normalized spacial score (nSPS) is 18.1. The van der Waals surface area contributed by atoms with Gasteiger partial charge in [0.2, 0.25) is 5.91 Å². The van der Waals surface area contributed by atoms with Crippen LogP contribution in [0.5, 0.6) is 0 Å². The van der Waals surface area contributed by atoms with Gasteiger partial charge in [-0.3, -0.25) is 9.59 Å². The van der Waals surface area contributed by atoms with Crippen LogP contribution in [-0.2, 0) is 31.6 Å². The monoisotopic (exact) mass is 587 g/mol. The topological polar surface area (TPSA) is 120 Å². The van der Waals surface area contributed by atoms with Crippen LogP contribution in [0.4, 0.5) is 5.69 Å². The minimum atomic E-state index is -3.83. The van der Waals surface area contributed by atoms with E-state index in [-0.39, 0.29) is 38.9 Å². The van der Waals surface area contributed by atoms with Crippen molar-refractivity contribution in [3.8, 4) is 0 Å². The first kappa shape index (κ1) is 27.5. The zero-order valence-electron chi connectivity index (χ0n) is 21.3. The largest absolute Gasteiger partial charge is 0.391 e. The highest BCUT2D eigenvalue weighted by Gasteiger charge is 2.29. The molecule has 8 nitrogen and oxygen atoms in total. The number of aliphatic hydroxyl groups is 1. The highest BCUT2D eigenvalue weighted by atomic mass is 35.5. The van der Waals surface area contributed by atoms with Crippen molar-refractivity contribution in [1.82, 2.24) is 9.88 Å². The average molecular weight is 589 g/mol. The Morgan fingerprint density at radius 1 is 1.15 bits per heavy atom. The van der Waals surface area contributed by atoms with Crippen LogP contribution in [0.3, 0.4) is 0 Å². The Kier molecular flexibility index (Phi) is 7.37. The third-order valence-corrected chi connectivity index (χ3v) is 9.64. The van der Waals surface area contributed by atoms with E-state index < -0.39 is 15.9 Å². The molecular formula is C28H27Cl2N3O5S. The van der Waals surface area contributed by atoms with Crippen molar-refractivity contribution < 1.29 is 23.1 Å². The number of aromatic amines is 1. The standard InChI is InChI=1S/C28H27Cl2N3O5S/c1-15-19(12-27(35)33-9-8-17(34)13-33)16(2)31-26(15)11-21-20-10-18(6-7-25(20)32-28(21)36)39(37,38)14-22-23(29)4-3-5-24(22)30/h3-7,10-11,17,31,34H,8-9,12-14H2,1-2H3,(H,32,36)/b21-11-/t17-/m1/s1. The zero-order chi connectivity index (χ0) is 28.1. The summed E-state index contributed by atoms with van der Waals surface area (Å²) in [5.74, 6) is -0.803. The molecule has 2 aromatic carbocycles. The number of aliphatic hydroxyl groups excluding tert-OH is 1. The number of fused-ring (bicyclic) bond motifs is 1. The van der Waals surface area contributed by atoms with E-state index in [2.05, 4.69) is 10.3 Å². The fourth-order valence-electron chi connectivity index (χ4n) is 5.05. The lowest BCUT2D eigenvalue weighted by Crippen LogP contribution is -2.31. The molecule has 1 saturated heterocycles. The Bertz CT molecular complexity index is 1620. The number of carbonyl (C=O) groups is 2. The second kappa shape index (κ2) is 10.5. The lowest BCUT2D eigenvalue weighted by Gasteiger charge is -2.15. The quantitative estimate of drug-likeness (QED) is 0.366. The fraction of sp³-hybridized carbons (Fsp3) is 0.286. The minimum Gasteiger partial charge on any atom is -0.391 e. The van der Waals surface area contributed by atoms with E-state index in [0.29, 0.717) is 47.6 Å². The second-order valence-electron chi connectivity index (χ2n) is 9.91. The number of H-pyrrole nitrogens is 1. The van der Waals surface area contributed by atoms with E-state index in [4.69, 9.17) is 23.2 Å². The van der Waals surface area contributed by atoms with Gasteiger partial charge in [0.15, 0.2) is 9.84 Å². The average Bonchev–Trinajstić information content (AvgIpc) is 3.53. The molecular weight excluding hydrogens is 561 g/mol. The number of nitrogens with zero attached hydrogens (tertiary/aromatic N) is 1. The summed E-state index contributed by atoms with van der Waals surface area (Å²) in [7, 11) is -3.83. The number of benzene rings is 2. The van der Waals surface area contributed by atoms with Crippen molar-refractivity contribution in [1.29, 1.82) is 0 Å². The highest BCUT2D eigenvalue weighted by Crippen LogP contribution is 2.37. The number of carbonyl (C=O) groups excluding carboxylic acids is 2. The summed E-state index contributed by atoms with van der Waals surface area (Å²) in [5.41, 5.74) is 4.71. The van der Waals surface area contributed by atoms with Crippen LogP contribution >= 0.6 is 23.2 Å². The number of aromatic nitrogens is 1. The Morgan fingerprint density at radius 2 is 1.87 bits per heavy atom. The number of sulfone groups is 1. The molecule has 11 heteroatoms. The number of anilines is 1. The predicted octanol–water partition coefficient (Wildman–Crippen LogP) is 4.54. The molecule has 0 radical (unpaired) electrons.